The van der Waals surface area contributed by atoms with E-state index >= 15 is 0 Å². The van der Waals surface area contributed by atoms with Gasteiger partial charge in [0.15, 0.2) is 0 Å². The molecule has 0 saturated carbocycles. The Morgan fingerprint density at radius 3 is 1.76 bits per heavy atom. The molecule has 4 atom stereocenters. The molecule has 0 aromatic heterocycles. The van der Waals surface area contributed by atoms with Crippen molar-refractivity contribution >= 4 is 41.5 Å². The predicted molar refractivity (Wildman–Crippen MR) is 171 cm³/mol. The lowest BCUT2D eigenvalue weighted by Gasteiger charge is -2.27. The number of benzene rings is 2. The molecule has 0 radical (unpaired) electrons. The lowest BCUT2D eigenvalue weighted by molar-refractivity contribution is -0.159. The summed E-state index contributed by atoms with van der Waals surface area (Å²) >= 11 is 0. The van der Waals surface area contributed by atoms with Gasteiger partial charge in [-0.25, -0.2) is 9.59 Å². The second kappa shape index (κ2) is 18.7. The van der Waals surface area contributed by atoms with E-state index in [0.717, 1.165) is 13.8 Å². The highest BCUT2D eigenvalue weighted by atomic mass is 19.4. The van der Waals surface area contributed by atoms with E-state index in [4.69, 9.17) is 0 Å². The molecular weight excluding hydrogens is 742 g/mol. The maximum atomic E-state index is 13.4. The van der Waals surface area contributed by atoms with Crippen LogP contribution in [0.2, 0.25) is 0 Å². The first-order valence-corrected chi connectivity index (χ1v) is 15.7. The molecule has 15 nitrogen and oxygen atoms in total. The van der Waals surface area contributed by atoms with E-state index in [0.29, 0.717) is 11.6 Å². The zero-order chi connectivity index (χ0) is 41.1. The van der Waals surface area contributed by atoms with Crippen molar-refractivity contribution in [2.75, 3.05) is 6.79 Å². The zero-order valence-electron chi connectivity index (χ0n) is 28.9. The minimum absolute atomic E-state index is 0.0351. The van der Waals surface area contributed by atoms with Crippen molar-refractivity contribution in [3.8, 4) is 5.75 Å². The smallest absolute Gasteiger partial charge is 0.417 e. The van der Waals surface area contributed by atoms with Crippen LogP contribution in [0, 0.1) is 5.92 Å². The van der Waals surface area contributed by atoms with Gasteiger partial charge in [0.1, 0.15) is 29.9 Å². The standard InChI is InChI=1S/C33H36F6N4O11/c1-15(2)26(43-28(49)22(41-17(4)44)12-18-8-10-19(45)11-9-18)29(50)40-16(3)27(48)42-23(13-24(46)47)30(51)53-14-54-31(52)25-20(32(34,35)36)6-5-7-21(25)33(37,38)39/h5-11,15-16,22-23,26,45H,12-14H2,1-4H3,(H,40,50)(H,41,44)(H,42,48)(H,43,49)(H,46,47)/t16-,22-,23-,26-/m0/s1. The Labute approximate surface area is 302 Å². The second-order valence-corrected chi connectivity index (χ2v) is 12.0. The first-order chi connectivity index (χ1) is 24.9. The molecule has 0 spiro atoms. The number of carboxylic acids is 1. The summed E-state index contributed by atoms with van der Waals surface area (Å²) in [5.74, 6) is -9.63. The number of rotatable bonds is 16. The minimum Gasteiger partial charge on any atom is -0.508 e. The van der Waals surface area contributed by atoms with Crippen LogP contribution in [0.3, 0.4) is 0 Å². The van der Waals surface area contributed by atoms with E-state index in [1.54, 1.807) is 13.8 Å². The summed E-state index contributed by atoms with van der Waals surface area (Å²) in [6.45, 7) is 3.76. The van der Waals surface area contributed by atoms with Crippen molar-refractivity contribution in [2.24, 2.45) is 5.92 Å². The number of aromatic hydroxyl groups is 1. The summed E-state index contributed by atoms with van der Waals surface area (Å²) in [4.78, 5) is 87.4. The number of aliphatic carboxylic acids is 1. The van der Waals surface area contributed by atoms with Gasteiger partial charge in [0.05, 0.1) is 23.1 Å². The molecule has 0 bridgehead atoms. The number of nitrogens with one attached hydrogen (secondary N) is 4. The zero-order valence-corrected chi connectivity index (χ0v) is 28.9. The van der Waals surface area contributed by atoms with Crippen LogP contribution in [-0.4, -0.2) is 82.7 Å². The summed E-state index contributed by atoms with van der Waals surface area (Å²) < 4.78 is 89.2. The molecule has 0 aliphatic heterocycles. The van der Waals surface area contributed by atoms with Gasteiger partial charge in [0, 0.05) is 13.3 Å². The molecule has 0 saturated heterocycles. The Hall–Kier alpha value is -5.89. The lowest BCUT2D eigenvalue weighted by Crippen LogP contribution is -2.58. The number of alkyl halides is 6. The third-order valence-corrected chi connectivity index (χ3v) is 7.32. The molecule has 0 unspecified atom stereocenters. The van der Waals surface area contributed by atoms with Crippen LogP contribution < -0.4 is 21.3 Å². The lowest BCUT2D eigenvalue weighted by atomic mass is 10.00. The molecule has 0 fully saturated rings. The molecule has 6 N–H and O–H groups in total. The Balaban J connectivity index is 2.12. The highest BCUT2D eigenvalue weighted by Gasteiger charge is 2.43. The fourth-order valence-electron chi connectivity index (χ4n) is 4.70. The van der Waals surface area contributed by atoms with Crippen molar-refractivity contribution in [1.29, 1.82) is 0 Å². The third kappa shape index (κ3) is 13.3. The number of halogens is 6. The van der Waals surface area contributed by atoms with Crippen LogP contribution in [0.15, 0.2) is 42.5 Å². The second-order valence-electron chi connectivity index (χ2n) is 12.0. The topological polar surface area (TPSA) is 227 Å². The van der Waals surface area contributed by atoms with Crippen molar-refractivity contribution in [3.05, 3.63) is 64.7 Å². The van der Waals surface area contributed by atoms with Crippen LogP contribution in [0.5, 0.6) is 5.75 Å². The van der Waals surface area contributed by atoms with Crippen LogP contribution in [0.4, 0.5) is 26.3 Å². The normalized spacial score (nSPS) is 13.8. The number of phenolic OH excluding ortho intramolecular Hbond substituents is 1. The highest BCUT2D eigenvalue weighted by Crippen LogP contribution is 2.39. The van der Waals surface area contributed by atoms with E-state index in [1.807, 2.05) is 5.32 Å². The van der Waals surface area contributed by atoms with Gasteiger partial charge in [-0.2, -0.15) is 26.3 Å². The average molecular weight is 779 g/mol. The molecule has 296 valence electrons. The molecule has 0 aliphatic carbocycles. The van der Waals surface area contributed by atoms with Crippen LogP contribution in [-0.2, 0) is 57.0 Å². The van der Waals surface area contributed by atoms with Gasteiger partial charge >= 0.3 is 30.3 Å². The quantitative estimate of drug-likeness (QED) is 0.0825. The molecule has 21 heteroatoms. The Kier molecular flexibility index (Phi) is 15.4. The van der Waals surface area contributed by atoms with Crippen molar-refractivity contribution in [2.45, 2.75) is 77.1 Å². The predicted octanol–water partition coefficient (Wildman–Crippen LogP) is 2.44. The molecule has 54 heavy (non-hydrogen) atoms. The van der Waals surface area contributed by atoms with Crippen LogP contribution >= 0.6 is 0 Å². The van der Waals surface area contributed by atoms with Gasteiger partial charge in [-0.1, -0.05) is 32.0 Å². The molecule has 2 rings (SSSR count). The minimum atomic E-state index is -5.43. The van der Waals surface area contributed by atoms with E-state index in [1.165, 1.54) is 24.3 Å². The number of esters is 2. The SMILES string of the molecule is CC(=O)N[C@@H](Cc1ccc(O)cc1)C(=O)N[C@H](C(=O)N[C@@H](C)C(=O)N[C@@H](CC(=O)O)C(=O)OCOC(=O)c1c(C(F)(F)F)cccc1C(F)(F)F)C(C)C. The van der Waals surface area contributed by atoms with E-state index in [9.17, 15) is 70.1 Å². The maximum Gasteiger partial charge on any atom is 0.417 e. The van der Waals surface area contributed by atoms with Crippen molar-refractivity contribution in [3.63, 3.8) is 0 Å². The number of carboxylic acid groups (broad SMARTS) is 1. The Morgan fingerprint density at radius 2 is 1.28 bits per heavy atom. The summed E-state index contributed by atoms with van der Waals surface area (Å²) in [7, 11) is 0. The number of hydrogen-bond acceptors (Lipinski definition) is 10. The summed E-state index contributed by atoms with van der Waals surface area (Å²) in [5.41, 5.74) is -5.37. The Bertz CT molecular complexity index is 1680. The third-order valence-electron chi connectivity index (χ3n) is 7.32. The molecule has 2 aromatic carbocycles. The largest absolute Gasteiger partial charge is 0.508 e. The van der Waals surface area contributed by atoms with Gasteiger partial charge in [-0.15, -0.1) is 0 Å². The highest BCUT2D eigenvalue weighted by molar-refractivity contribution is 5.96. The van der Waals surface area contributed by atoms with Crippen molar-refractivity contribution < 1.29 is 79.6 Å². The number of carbonyl (C=O) groups is 7. The van der Waals surface area contributed by atoms with E-state index in [2.05, 4.69) is 25.4 Å². The molecule has 4 amide bonds. The molecule has 0 heterocycles. The molecule has 0 aliphatic rings. The first kappa shape index (κ1) is 44.3. The van der Waals surface area contributed by atoms with Gasteiger partial charge in [0.2, 0.25) is 30.4 Å². The average Bonchev–Trinajstić information content (AvgIpc) is 3.05. The Morgan fingerprint density at radius 1 is 0.722 bits per heavy atom. The fourth-order valence-corrected chi connectivity index (χ4v) is 4.70. The summed E-state index contributed by atoms with van der Waals surface area (Å²) in [6, 6.07) is 0.462. The fraction of sp³-hybridized carbons (Fsp3) is 0.424. The molecule has 2 aromatic rings. The summed E-state index contributed by atoms with van der Waals surface area (Å²) in [5, 5.41) is 27.9. The van der Waals surface area contributed by atoms with Crippen LogP contribution in [0.1, 0.15) is 61.2 Å². The summed E-state index contributed by atoms with van der Waals surface area (Å²) in [6.07, 6.45) is -12.1. The number of phenols is 1. The van der Waals surface area contributed by atoms with Gasteiger partial charge < -0.3 is 41.0 Å². The van der Waals surface area contributed by atoms with Gasteiger partial charge in [0.25, 0.3) is 0 Å². The number of amides is 4. The van der Waals surface area contributed by atoms with Crippen LogP contribution in [0.25, 0.3) is 0 Å². The van der Waals surface area contributed by atoms with Crippen molar-refractivity contribution in [1.82, 2.24) is 21.3 Å². The maximum absolute atomic E-state index is 13.4. The van der Waals surface area contributed by atoms with Gasteiger partial charge in [-0.3, -0.25) is 24.0 Å². The van der Waals surface area contributed by atoms with E-state index in [-0.39, 0.29) is 24.3 Å². The number of ether oxygens (including phenoxy) is 2. The van der Waals surface area contributed by atoms with E-state index < -0.39 is 114 Å². The number of hydrogen-bond donors (Lipinski definition) is 6. The number of carbonyl (C=O) groups excluding carboxylic acids is 6. The monoisotopic (exact) mass is 778 g/mol. The first-order valence-electron chi connectivity index (χ1n) is 15.7. The van der Waals surface area contributed by atoms with Gasteiger partial charge in [-0.05, 0) is 42.7 Å². The molecular formula is C33H36F6N4O11.